The van der Waals surface area contributed by atoms with Crippen LogP contribution in [-0.2, 0) is 4.74 Å². The Balaban J connectivity index is 2.02. The van der Waals surface area contributed by atoms with Gasteiger partial charge in [-0.1, -0.05) is 12.1 Å². The van der Waals surface area contributed by atoms with Gasteiger partial charge in [-0.3, -0.25) is 0 Å². The monoisotopic (exact) mass is 293 g/mol. The molecule has 2 rings (SSSR count). The van der Waals surface area contributed by atoms with E-state index in [0.717, 1.165) is 11.3 Å². The molecule has 1 saturated heterocycles. The molecule has 0 aromatic heterocycles. The van der Waals surface area contributed by atoms with Crippen molar-refractivity contribution >= 4 is 11.7 Å². The predicted octanol–water partition coefficient (Wildman–Crippen LogP) is 1.32. The molecule has 3 atom stereocenters. The number of anilines is 1. The largest absolute Gasteiger partial charge is 0.394 e. The van der Waals surface area contributed by atoms with Crippen molar-refractivity contribution in [2.45, 2.75) is 32.1 Å². The maximum atomic E-state index is 12.3. The lowest BCUT2D eigenvalue weighted by molar-refractivity contribution is -0.0822. The second-order valence-electron chi connectivity index (χ2n) is 5.50. The SMILES string of the molecule is CC1CN(C(=O)Nc2cccc(C(C)N)c2)CC(CO)O1. The Hall–Kier alpha value is -1.63. The molecular weight excluding hydrogens is 270 g/mol. The Morgan fingerprint density at radius 1 is 1.57 bits per heavy atom. The van der Waals surface area contributed by atoms with Crippen molar-refractivity contribution in [1.82, 2.24) is 4.90 Å². The van der Waals surface area contributed by atoms with E-state index in [2.05, 4.69) is 5.32 Å². The fourth-order valence-corrected chi connectivity index (χ4v) is 2.41. The topological polar surface area (TPSA) is 87.8 Å². The highest BCUT2D eigenvalue weighted by atomic mass is 16.5. The molecule has 1 aliphatic rings. The lowest BCUT2D eigenvalue weighted by atomic mass is 10.1. The number of benzene rings is 1. The molecule has 1 aromatic carbocycles. The Bertz CT molecular complexity index is 493. The minimum Gasteiger partial charge on any atom is -0.394 e. The minimum atomic E-state index is -0.324. The maximum absolute atomic E-state index is 12.3. The zero-order chi connectivity index (χ0) is 15.4. The number of aliphatic hydroxyl groups is 1. The number of amides is 2. The van der Waals surface area contributed by atoms with Crippen molar-refractivity contribution < 1.29 is 14.6 Å². The van der Waals surface area contributed by atoms with Crippen LogP contribution >= 0.6 is 0 Å². The van der Waals surface area contributed by atoms with Gasteiger partial charge in [0, 0.05) is 18.3 Å². The van der Waals surface area contributed by atoms with Gasteiger partial charge < -0.3 is 25.8 Å². The van der Waals surface area contributed by atoms with Gasteiger partial charge in [0.25, 0.3) is 0 Å². The third kappa shape index (κ3) is 4.17. The molecule has 0 spiro atoms. The molecule has 116 valence electrons. The third-order valence-corrected chi connectivity index (χ3v) is 3.48. The number of carbonyl (C=O) groups is 1. The summed E-state index contributed by atoms with van der Waals surface area (Å²) in [6.07, 6.45) is -0.410. The van der Waals surface area contributed by atoms with E-state index in [9.17, 15) is 9.90 Å². The lowest BCUT2D eigenvalue weighted by Crippen LogP contribution is -2.51. The minimum absolute atomic E-state index is 0.0796. The molecular formula is C15H23N3O3. The van der Waals surface area contributed by atoms with Crippen LogP contribution in [0.2, 0.25) is 0 Å². The number of hydrogen-bond acceptors (Lipinski definition) is 4. The molecule has 0 saturated carbocycles. The number of nitrogens with zero attached hydrogens (tertiary/aromatic N) is 1. The number of rotatable bonds is 3. The average Bonchev–Trinajstić information content (AvgIpc) is 2.46. The zero-order valence-electron chi connectivity index (χ0n) is 12.5. The molecule has 6 heteroatoms. The van der Waals surface area contributed by atoms with E-state index in [1.54, 1.807) is 4.90 Å². The smallest absolute Gasteiger partial charge is 0.322 e. The van der Waals surface area contributed by atoms with Crippen molar-refractivity contribution in [2.75, 3.05) is 25.0 Å². The van der Waals surface area contributed by atoms with Gasteiger partial charge >= 0.3 is 6.03 Å². The Labute approximate surface area is 124 Å². The first-order chi connectivity index (χ1) is 9.99. The van der Waals surface area contributed by atoms with Crippen molar-refractivity contribution in [3.8, 4) is 0 Å². The van der Waals surface area contributed by atoms with Gasteiger partial charge in [-0.2, -0.15) is 0 Å². The lowest BCUT2D eigenvalue weighted by Gasteiger charge is -2.36. The number of nitrogens with two attached hydrogens (primary N) is 1. The summed E-state index contributed by atoms with van der Waals surface area (Å²) in [5, 5.41) is 12.1. The van der Waals surface area contributed by atoms with Gasteiger partial charge in [0.05, 0.1) is 25.4 Å². The summed E-state index contributed by atoms with van der Waals surface area (Å²) in [4.78, 5) is 14.0. The van der Waals surface area contributed by atoms with Gasteiger partial charge in [0.2, 0.25) is 0 Å². The van der Waals surface area contributed by atoms with Gasteiger partial charge in [-0.05, 0) is 31.5 Å². The number of morpholine rings is 1. The zero-order valence-corrected chi connectivity index (χ0v) is 12.5. The van der Waals surface area contributed by atoms with E-state index < -0.39 is 0 Å². The number of carbonyl (C=O) groups excluding carboxylic acids is 1. The van der Waals surface area contributed by atoms with Gasteiger partial charge in [0.1, 0.15) is 0 Å². The summed E-state index contributed by atoms with van der Waals surface area (Å²) < 4.78 is 5.53. The van der Waals surface area contributed by atoms with E-state index in [-0.39, 0.29) is 30.9 Å². The normalized spacial score (nSPS) is 23.7. The molecule has 0 bridgehead atoms. The van der Waals surface area contributed by atoms with Crippen molar-refractivity contribution in [2.24, 2.45) is 5.73 Å². The fraction of sp³-hybridized carbons (Fsp3) is 0.533. The second-order valence-corrected chi connectivity index (χ2v) is 5.50. The summed E-state index contributed by atoms with van der Waals surface area (Å²) in [6.45, 7) is 4.60. The van der Waals surface area contributed by atoms with Crippen molar-refractivity contribution in [3.63, 3.8) is 0 Å². The van der Waals surface area contributed by atoms with Crippen LogP contribution in [-0.4, -0.2) is 47.9 Å². The highest BCUT2D eigenvalue weighted by Gasteiger charge is 2.27. The summed E-state index contributed by atoms with van der Waals surface area (Å²) >= 11 is 0. The quantitative estimate of drug-likeness (QED) is 0.784. The summed E-state index contributed by atoms with van der Waals surface area (Å²) in [5.41, 5.74) is 7.53. The van der Waals surface area contributed by atoms with Gasteiger partial charge in [-0.25, -0.2) is 4.79 Å². The van der Waals surface area contributed by atoms with Crippen LogP contribution < -0.4 is 11.1 Å². The molecule has 4 N–H and O–H groups in total. The molecule has 1 aliphatic heterocycles. The maximum Gasteiger partial charge on any atom is 0.322 e. The molecule has 0 aliphatic carbocycles. The third-order valence-electron chi connectivity index (χ3n) is 3.48. The molecule has 1 aromatic rings. The number of hydrogen-bond donors (Lipinski definition) is 3. The van der Waals surface area contributed by atoms with E-state index >= 15 is 0 Å². The van der Waals surface area contributed by atoms with Gasteiger partial charge in [-0.15, -0.1) is 0 Å². The van der Waals surface area contributed by atoms with Crippen LogP contribution in [0.5, 0.6) is 0 Å². The molecule has 0 radical (unpaired) electrons. The fourth-order valence-electron chi connectivity index (χ4n) is 2.41. The Morgan fingerprint density at radius 2 is 2.33 bits per heavy atom. The summed E-state index contributed by atoms with van der Waals surface area (Å²) in [5.74, 6) is 0. The second kappa shape index (κ2) is 6.89. The number of urea groups is 1. The van der Waals surface area contributed by atoms with Crippen LogP contribution in [0.3, 0.4) is 0 Å². The predicted molar refractivity (Wildman–Crippen MR) is 81.1 cm³/mol. The van der Waals surface area contributed by atoms with E-state index in [0.29, 0.717) is 13.1 Å². The Morgan fingerprint density at radius 3 is 3.00 bits per heavy atom. The van der Waals surface area contributed by atoms with E-state index in [1.807, 2.05) is 38.1 Å². The molecule has 1 heterocycles. The first-order valence-electron chi connectivity index (χ1n) is 7.17. The molecule has 6 nitrogen and oxygen atoms in total. The first-order valence-corrected chi connectivity index (χ1v) is 7.17. The molecule has 3 unspecified atom stereocenters. The van der Waals surface area contributed by atoms with Gasteiger partial charge in [0.15, 0.2) is 0 Å². The number of ether oxygens (including phenoxy) is 1. The van der Waals surface area contributed by atoms with E-state index in [1.165, 1.54) is 0 Å². The standard InChI is InChI=1S/C15H23N3O3/c1-10-7-18(8-14(9-19)21-10)15(20)17-13-5-3-4-12(6-13)11(2)16/h3-6,10-11,14,19H,7-9,16H2,1-2H3,(H,17,20). The first kappa shape index (κ1) is 15.8. The molecule has 1 fully saturated rings. The van der Waals surface area contributed by atoms with Crippen LogP contribution in [0.25, 0.3) is 0 Å². The molecule has 2 amide bonds. The number of nitrogens with one attached hydrogen (secondary N) is 1. The summed E-state index contributed by atoms with van der Waals surface area (Å²) in [7, 11) is 0. The van der Waals surface area contributed by atoms with Crippen LogP contribution in [0.4, 0.5) is 10.5 Å². The van der Waals surface area contributed by atoms with Crippen molar-refractivity contribution in [1.29, 1.82) is 0 Å². The molecule has 21 heavy (non-hydrogen) atoms. The van der Waals surface area contributed by atoms with Crippen LogP contribution in [0.15, 0.2) is 24.3 Å². The highest BCUT2D eigenvalue weighted by Crippen LogP contribution is 2.17. The van der Waals surface area contributed by atoms with Crippen LogP contribution in [0, 0.1) is 0 Å². The van der Waals surface area contributed by atoms with E-state index in [4.69, 9.17) is 10.5 Å². The highest BCUT2D eigenvalue weighted by molar-refractivity contribution is 5.89. The number of aliphatic hydroxyl groups excluding tert-OH is 1. The van der Waals surface area contributed by atoms with Crippen molar-refractivity contribution in [3.05, 3.63) is 29.8 Å². The average molecular weight is 293 g/mol. The van der Waals surface area contributed by atoms with Crippen LogP contribution in [0.1, 0.15) is 25.5 Å². The Kier molecular flexibility index (Phi) is 5.17. The summed E-state index contributed by atoms with van der Waals surface area (Å²) in [6, 6.07) is 7.23.